The average Bonchev–Trinajstić information content (AvgIpc) is 2.61. The smallest absolute Gasteiger partial charge is 0.191 e. The molecule has 0 unspecified atom stereocenters. The first-order valence-corrected chi connectivity index (χ1v) is 8.20. The topological polar surface area (TPSA) is 73.1 Å². The number of benzene rings is 1. The summed E-state index contributed by atoms with van der Waals surface area (Å²) < 4.78 is 0. The quantitative estimate of drug-likeness (QED) is 0.294. The van der Waals surface area contributed by atoms with E-state index in [0.717, 1.165) is 36.6 Å². The Bertz CT molecular complexity index is 725. The average molecular weight is 470 g/mol. The van der Waals surface area contributed by atoms with Gasteiger partial charge in [0.1, 0.15) is 5.15 Å². The van der Waals surface area contributed by atoms with Crippen LogP contribution in [-0.2, 0) is 13.0 Å². The van der Waals surface area contributed by atoms with E-state index >= 15 is 0 Å². The molecule has 2 aromatic rings. The number of halogens is 2. The lowest BCUT2D eigenvalue weighted by Gasteiger charge is -2.11. The monoisotopic (exact) mass is 469 g/mol. The molecular formula is C18H21ClIN5. The van der Waals surface area contributed by atoms with E-state index in [1.54, 1.807) is 18.3 Å². The zero-order valence-electron chi connectivity index (χ0n) is 14.0. The van der Waals surface area contributed by atoms with Gasteiger partial charge in [-0.05, 0) is 42.7 Å². The molecule has 132 valence electrons. The molecule has 0 fully saturated rings. The van der Waals surface area contributed by atoms with Crippen LogP contribution in [0.3, 0.4) is 0 Å². The summed E-state index contributed by atoms with van der Waals surface area (Å²) in [5.41, 5.74) is 2.77. The van der Waals surface area contributed by atoms with Gasteiger partial charge in [-0.2, -0.15) is 5.26 Å². The SMILES string of the molecule is CCNC(=NCc1cccc(C#N)c1)NCCc1ccc(Cl)nc1.I. The van der Waals surface area contributed by atoms with Crippen LogP contribution in [-0.4, -0.2) is 24.0 Å². The summed E-state index contributed by atoms with van der Waals surface area (Å²) in [6.45, 7) is 4.07. The molecule has 2 N–H and O–H groups in total. The number of aliphatic imine (C=N–C) groups is 1. The van der Waals surface area contributed by atoms with E-state index in [-0.39, 0.29) is 24.0 Å². The Labute approximate surface area is 170 Å². The number of rotatable bonds is 6. The fourth-order valence-corrected chi connectivity index (χ4v) is 2.24. The van der Waals surface area contributed by atoms with Gasteiger partial charge in [-0.25, -0.2) is 9.98 Å². The molecule has 25 heavy (non-hydrogen) atoms. The van der Waals surface area contributed by atoms with E-state index in [1.165, 1.54) is 0 Å². The van der Waals surface area contributed by atoms with Gasteiger partial charge < -0.3 is 10.6 Å². The summed E-state index contributed by atoms with van der Waals surface area (Å²) in [5.74, 6) is 0.752. The van der Waals surface area contributed by atoms with E-state index in [1.807, 2.05) is 31.2 Å². The van der Waals surface area contributed by atoms with Gasteiger partial charge in [-0.15, -0.1) is 24.0 Å². The van der Waals surface area contributed by atoms with Gasteiger partial charge in [-0.3, -0.25) is 0 Å². The van der Waals surface area contributed by atoms with E-state index in [0.29, 0.717) is 17.3 Å². The molecule has 0 atom stereocenters. The minimum Gasteiger partial charge on any atom is -0.357 e. The molecular weight excluding hydrogens is 449 g/mol. The Morgan fingerprint density at radius 3 is 2.76 bits per heavy atom. The van der Waals surface area contributed by atoms with Gasteiger partial charge in [0.05, 0.1) is 18.2 Å². The molecule has 1 aromatic carbocycles. The van der Waals surface area contributed by atoms with Crippen LogP contribution in [0.15, 0.2) is 47.6 Å². The van der Waals surface area contributed by atoms with Crippen molar-refractivity contribution < 1.29 is 0 Å². The summed E-state index contributed by atoms with van der Waals surface area (Å²) in [5, 5.41) is 16.0. The van der Waals surface area contributed by atoms with E-state index in [4.69, 9.17) is 16.9 Å². The molecule has 0 radical (unpaired) electrons. The van der Waals surface area contributed by atoms with Crippen molar-refractivity contribution in [3.05, 3.63) is 64.4 Å². The minimum atomic E-state index is 0. The molecule has 0 aliphatic rings. The van der Waals surface area contributed by atoms with Crippen molar-refractivity contribution in [1.82, 2.24) is 15.6 Å². The summed E-state index contributed by atoms with van der Waals surface area (Å²) in [6, 6.07) is 13.4. The third-order valence-corrected chi connectivity index (χ3v) is 3.54. The summed E-state index contributed by atoms with van der Waals surface area (Å²) in [6.07, 6.45) is 2.61. The summed E-state index contributed by atoms with van der Waals surface area (Å²) >= 11 is 5.78. The maximum Gasteiger partial charge on any atom is 0.191 e. The lowest BCUT2D eigenvalue weighted by Crippen LogP contribution is -2.38. The lowest BCUT2D eigenvalue weighted by molar-refractivity contribution is 0.798. The first-order chi connectivity index (χ1) is 11.7. The highest BCUT2D eigenvalue weighted by Crippen LogP contribution is 2.06. The van der Waals surface area contributed by atoms with Gasteiger partial charge in [0.2, 0.25) is 0 Å². The van der Waals surface area contributed by atoms with Crippen LogP contribution in [0.2, 0.25) is 5.15 Å². The van der Waals surface area contributed by atoms with Crippen molar-refractivity contribution in [2.75, 3.05) is 13.1 Å². The van der Waals surface area contributed by atoms with Gasteiger partial charge >= 0.3 is 0 Å². The number of nitrogens with zero attached hydrogens (tertiary/aromatic N) is 3. The third-order valence-electron chi connectivity index (χ3n) is 3.31. The number of pyridine rings is 1. The van der Waals surface area contributed by atoms with Crippen LogP contribution in [0, 0.1) is 11.3 Å². The zero-order valence-corrected chi connectivity index (χ0v) is 17.1. The fourth-order valence-electron chi connectivity index (χ4n) is 2.13. The van der Waals surface area contributed by atoms with Crippen LogP contribution >= 0.6 is 35.6 Å². The molecule has 5 nitrogen and oxygen atoms in total. The van der Waals surface area contributed by atoms with Crippen molar-refractivity contribution in [1.29, 1.82) is 5.26 Å². The molecule has 0 saturated heterocycles. The highest BCUT2D eigenvalue weighted by molar-refractivity contribution is 14.0. The maximum absolute atomic E-state index is 8.94. The number of nitriles is 1. The number of aromatic nitrogens is 1. The van der Waals surface area contributed by atoms with Crippen LogP contribution in [0.25, 0.3) is 0 Å². The highest BCUT2D eigenvalue weighted by Gasteiger charge is 2.00. The Morgan fingerprint density at radius 2 is 2.08 bits per heavy atom. The number of nitrogens with one attached hydrogen (secondary N) is 2. The predicted molar refractivity (Wildman–Crippen MR) is 112 cm³/mol. The minimum absolute atomic E-state index is 0. The van der Waals surface area contributed by atoms with Crippen molar-refractivity contribution >= 4 is 41.5 Å². The molecule has 0 amide bonds. The lowest BCUT2D eigenvalue weighted by atomic mass is 10.1. The predicted octanol–water partition coefficient (Wildman–Crippen LogP) is 3.52. The second kappa shape index (κ2) is 11.7. The first-order valence-electron chi connectivity index (χ1n) is 7.83. The third kappa shape index (κ3) is 7.71. The molecule has 0 aliphatic heterocycles. The molecule has 1 aromatic heterocycles. The van der Waals surface area contributed by atoms with Gasteiger partial charge in [-0.1, -0.05) is 29.8 Å². The van der Waals surface area contributed by atoms with Gasteiger partial charge in [0.15, 0.2) is 5.96 Å². The van der Waals surface area contributed by atoms with Crippen LogP contribution in [0.5, 0.6) is 0 Å². The van der Waals surface area contributed by atoms with Crippen LogP contribution < -0.4 is 10.6 Å². The first kappa shape index (κ1) is 21.2. The number of guanidine groups is 1. The largest absolute Gasteiger partial charge is 0.357 e. The zero-order chi connectivity index (χ0) is 17.2. The van der Waals surface area contributed by atoms with Crippen molar-refractivity contribution in [3.8, 4) is 6.07 Å². The maximum atomic E-state index is 8.94. The molecule has 7 heteroatoms. The Balaban J connectivity index is 0.00000312. The van der Waals surface area contributed by atoms with Crippen molar-refractivity contribution in [2.24, 2.45) is 4.99 Å². The van der Waals surface area contributed by atoms with Gasteiger partial charge in [0.25, 0.3) is 0 Å². The van der Waals surface area contributed by atoms with Gasteiger partial charge in [0, 0.05) is 19.3 Å². The van der Waals surface area contributed by atoms with E-state index in [9.17, 15) is 0 Å². The molecule has 1 heterocycles. The molecule has 0 saturated carbocycles. The molecule has 2 rings (SSSR count). The summed E-state index contributed by atoms with van der Waals surface area (Å²) in [7, 11) is 0. The van der Waals surface area contributed by atoms with Crippen LogP contribution in [0.4, 0.5) is 0 Å². The number of hydrogen-bond acceptors (Lipinski definition) is 3. The molecule has 0 spiro atoms. The Kier molecular flexibility index (Phi) is 9.88. The van der Waals surface area contributed by atoms with Crippen molar-refractivity contribution in [3.63, 3.8) is 0 Å². The highest BCUT2D eigenvalue weighted by atomic mass is 127. The van der Waals surface area contributed by atoms with E-state index < -0.39 is 0 Å². The second-order valence-electron chi connectivity index (χ2n) is 5.17. The number of hydrogen-bond donors (Lipinski definition) is 2. The van der Waals surface area contributed by atoms with E-state index in [2.05, 4.69) is 26.7 Å². The molecule has 0 aliphatic carbocycles. The normalized spacial score (nSPS) is 10.5. The Morgan fingerprint density at radius 1 is 1.24 bits per heavy atom. The molecule has 0 bridgehead atoms. The Hall–Kier alpha value is -1.85. The standard InChI is InChI=1S/C18H20ClN5.HI/c1-2-21-18(22-9-8-14-6-7-17(19)23-12-14)24-13-16-5-3-4-15(10-16)11-20;/h3-7,10,12H,2,8-9,13H2,1H3,(H2,21,22,24);1H. The second-order valence-corrected chi connectivity index (χ2v) is 5.56. The van der Waals surface area contributed by atoms with Crippen LogP contribution in [0.1, 0.15) is 23.6 Å². The summed E-state index contributed by atoms with van der Waals surface area (Å²) in [4.78, 5) is 8.62. The fraction of sp³-hybridized carbons (Fsp3) is 0.278. The van der Waals surface area contributed by atoms with Crippen molar-refractivity contribution in [2.45, 2.75) is 19.9 Å².